The average Bonchev–Trinajstić information content (AvgIpc) is 2.65. The van der Waals surface area contributed by atoms with Gasteiger partial charge in [0.2, 0.25) is 0 Å². The second kappa shape index (κ2) is 2.46. The van der Waals surface area contributed by atoms with E-state index in [0.717, 1.165) is 29.3 Å². The van der Waals surface area contributed by atoms with Crippen molar-refractivity contribution in [2.75, 3.05) is 6.54 Å². The molecule has 3 rings (SSSR count). The van der Waals surface area contributed by atoms with Crippen LogP contribution < -0.4 is 10.6 Å². The van der Waals surface area contributed by atoms with Gasteiger partial charge in [-0.3, -0.25) is 4.99 Å². The Hall–Kier alpha value is -1.57. The van der Waals surface area contributed by atoms with E-state index >= 15 is 0 Å². The molecule has 0 saturated carbocycles. The van der Waals surface area contributed by atoms with Crippen LogP contribution in [0, 0.1) is 0 Å². The largest absolute Gasteiger partial charge is 0.464 e. The number of fused-ring (bicyclic) bond motifs is 3. The zero-order chi connectivity index (χ0) is 8.67. The minimum absolute atomic E-state index is 0.900. The summed E-state index contributed by atoms with van der Waals surface area (Å²) in [6, 6.07) is 6.06. The lowest BCUT2D eigenvalue weighted by atomic mass is 10.1. The quantitative estimate of drug-likeness (QED) is 0.585. The molecule has 13 heavy (non-hydrogen) atoms. The molecule has 2 aromatic rings. The van der Waals surface area contributed by atoms with Crippen LogP contribution in [0.3, 0.4) is 0 Å². The van der Waals surface area contributed by atoms with Crippen LogP contribution in [-0.4, -0.2) is 6.54 Å². The van der Waals surface area contributed by atoms with Gasteiger partial charge < -0.3 is 4.42 Å². The molecule has 0 radical (unpaired) electrons. The second-order valence-electron chi connectivity index (χ2n) is 3.21. The molecular weight excluding hydrogens is 162 g/mol. The highest BCUT2D eigenvalue weighted by atomic mass is 16.3. The molecule has 0 spiro atoms. The fourth-order valence-electron chi connectivity index (χ4n) is 1.78. The molecule has 0 atom stereocenters. The monoisotopic (exact) mass is 171 g/mol. The summed E-state index contributed by atoms with van der Waals surface area (Å²) in [7, 11) is 0. The van der Waals surface area contributed by atoms with Gasteiger partial charge in [0.1, 0.15) is 5.58 Å². The Morgan fingerprint density at radius 2 is 2.23 bits per heavy atom. The van der Waals surface area contributed by atoms with E-state index in [4.69, 9.17) is 4.42 Å². The summed E-state index contributed by atoms with van der Waals surface area (Å²) in [5.74, 6) is 0. The Labute approximate surface area is 75.2 Å². The van der Waals surface area contributed by atoms with Crippen LogP contribution in [0.4, 0.5) is 0 Å². The third-order valence-corrected chi connectivity index (χ3v) is 2.40. The van der Waals surface area contributed by atoms with Crippen LogP contribution in [0.1, 0.15) is 6.42 Å². The summed E-state index contributed by atoms with van der Waals surface area (Å²) in [4.78, 5) is 4.50. The van der Waals surface area contributed by atoms with E-state index in [1.807, 2.05) is 12.1 Å². The van der Waals surface area contributed by atoms with E-state index in [9.17, 15) is 0 Å². The van der Waals surface area contributed by atoms with Crippen molar-refractivity contribution in [3.63, 3.8) is 0 Å². The first-order valence-electron chi connectivity index (χ1n) is 4.46. The van der Waals surface area contributed by atoms with Gasteiger partial charge in [-0.15, -0.1) is 0 Å². The van der Waals surface area contributed by atoms with Gasteiger partial charge in [0.05, 0.1) is 11.6 Å². The molecule has 0 unspecified atom stereocenters. The number of nitrogens with zero attached hydrogens (tertiary/aromatic N) is 1. The van der Waals surface area contributed by atoms with Gasteiger partial charge in [-0.2, -0.15) is 0 Å². The zero-order valence-corrected chi connectivity index (χ0v) is 7.16. The maximum Gasteiger partial charge on any atom is 0.136 e. The average molecular weight is 171 g/mol. The highest BCUT2D eigenvalue weighted by Crippen LogP contribution is 2.08. The van der Waals surface area contributed by atoms with Crippen molar-refractivity contribution in [2.24, 2.45) is 4.99 Å². The summed E-state index contributed by atoms with van der Waals surface area (Å²) in [6.07, 6.45) is 5.00. The topological polar surface area (TPSA) is 25.5 Å². The molecule has 64 valence electrons. The zero-order valence-electron chi connectivity index (χ0n) is 7.16. The minimum Gasteiger partial charge on any atom is -0.464 e. The highest BCUT2D eigenvalue weighted by Gasteiger charge is 2.01. The first kappa shape index (κ1) is 6.89. The van der Waals surface area contributed by atoms with Gasteiger partial charge in [-0.25, -0.2) is 0 Å². The maximum atomic E-state index is 5.31. The molecule has 0 aliphatic carbocycles. The van der Waals surface area contributed by atoms with Gasteiger partial charge in [0, 0.05) is 11.9 Å². The molecule has 0 bridgehead atoms. The Balaban J connectivity index is 2.64. The lowest BCUT2D eigenvalue weighted by molar-refractivity contribution is 0.615. The van der Waals surface area contributed by atoms with E-state index in [0.29, 0.717) is 0 Å². The van der Waals surface area contributed by atoms with Crippen LogP contribution in [0.15, 0.2) is 33.9 Å². The van der Waals surface area contributed by atoms with Gasteiger partial charge in [0.15, 0.2) is 0 Å². The third kappa shape index (κ3) is 0.917. The number of rotatable bonds is 0. The number of hydrogen-bond acceptors (Lipinski definition) is 2. The molecule has 0 saturated heterocycles. The standard InChI is InChI=1S/C11H9NO/c1-2-8-3-4-10-9(5-7-13-10)11(8)12-6-1/h2-5,7H,1,6H2. The molecule has 1 aromatic carbocycles. The molecule has 0 N–H and O–H groups in total. The Morgan fingerprint density at radius 3 is 3.23 bits per heavy atom. The summed E-state index contributed by atoms with van der Waals surface area (Å²) >= 11 is 0. The van der Waals surface area contributed by atoms with Crippen LogP contribution >= 0.6 is 0 Å². The summed E-state index contributed by atoms with van der Waals surface area (Å²) in [5.41, 5.74) is 0.929. The van der Waals surface area contributed by atoms with Crippen LogP contribution in [0.2, 0.25) is 0 Å². The fourth-order valence-corrected chi connectivity index (χ4v) is 1.78. The minimum atomic E-state index is 0.900. The fraction of sp³-hybridized carbons (Fsp3) is 0.182. The predicted molar refractivity (Wildman–Crippen MR) is 50.9 cm³/mol. The van der Waals surface area contributed by atoms with Crippen molar-refractivity contribution in [1.82, 2.24) is 0 Å². The van der Waals surface area contributed by atoms with E-state index in [1.165, 1.54) is 5.22 Å². The summed E-state index contributed by atoms with van der Waals surface area (Å²) in [5, 5.41) is 3.46. The molecule has 2 nitrogen and oxygen atoms in total. The van der Waals surface area contributed by atoms with E-state index in [1.54, 1.807) is 6.26 Å². The van der Waals surface area contributed by atoms with Crippen molar-refractivity contribution in [3.8, 4) is 0 Å². The maximum absolute atomic E-state index is 5.31. The second-order valence-corrected chi connectivity index (χ2v) is 3.21. The first-order valence-corrected chi connectivity index (χ1v) is 4.46. The van der Waals surface area contributed by atoms with E-state index < -0.39 is 0 Å². The number of furan rings is 1. The molecule has 0 fully saturated rings. The molecule has 1 aliphatic rings. The van der Waals surface area contributed by atoms with Crippen LogP contribution in [-0.2, 0) is 0 Å². The van der Waals surface area contributed by atoms with Crippen molar-refractivity contribution in [1.29, 1.82) is 0 Å². The lowest BCUT2D eigenvalue weighted by Crippen LogP contribution is -2.28. The molecule has 2 heterocycles. The normalized spacial score (nSPS) is 14.8. The first-order chi connectivity index (χ1) is 6.45. The Bertz CT molecular complexity index is 565. The third-order valence-electron chi connectivity index (χ3n) is 2.40. The van der Waals surface area contributed by atoms with Crippen molar-refractivity contribution < 1.29 is 4.42 Å². The summed E-state index contributed by atoms with van der Waals surface area (Å²) in [6.45, 7) is 0.900. The SMILES string of the molecule is C1=c2ccc3occc3c2=NCC1. The van der Waals surface area contributed by atoms with Crippen molar-refractivity contribution >= 4 is 17.0 Å². The summed E-state index contributed by atoms with van der Waals surface area (Å²) < 4.78 is 5.31. The predicted octanol–water partition coefficient (Wildman–Crippen LogP) is 1.24. The van der Waals surface area contributed by atoms with E-state index in [2.05, 4.69) is 17.1 Å². The van der Waals surface area contributed by atoms with E-state index in [-0.39, 0.29) is 0 Å². The van der Waals surface area contributed by atoms with Gasteiger partial charge in [-0.05, 0) is 29.8 Å². The Kier molecular flexibility index (Phi) is 1.30. The number of benzene rings is 1. The van der Waals surface area contributed by atoms with Gasteiger partial charge in [0.25, 0.3) is 0 Å². The molecule has 0 amide bonds. The molecule has 2 heteroatoms. The van der Waals surface area contributed by atoms with Crippen molar-refractivity contribution in [2.45, 2.75) is 6.42 Å². The Morgan fingerprint density at radius 1 is 1.23 bits per heavy atom. The van der Waals surface area contributed by atoms with Crippen LogP contribution in [0.25, 0.3) is 17.0 Å². The van der Waals surface area contributed by atoms with Crippen LogP contribution in [0.5, 0.6) is 0 Å². The lowest BCUT2D eigenvalue weighted by Gasteiger charge is -1.99. The number of hydrogen-bond donors (Lipinski definition) is 0. The van der Waals surface area contributed by atoms with Gasteiger partial charge in [-0.1, -0.05) is 6.08 Å². The highest BCUT2D eigenvalue weighted by molar-refractivity contribution is 5.76. The molecule has 1 aromatic heterocycles. The van der Waals surface area contributed by atoms with Gasteiger partial charge >= 0.3 is 0 Å². The molecular formula is C11H9NO. The smallest absolute Gasteiger partial charge is 0.136 e. The van der Waals surface area contributed by atoms with Crippen molar-refractivity contribution in [3.05, 3.63) is 35.0 Å². The molecule has 1 aliphatic heterocycles.